The van der Waals surface area contributed by atoms with Crippen LogP contribution in [0.25, 0.3) is 0 Å². The van der Waals surface area contributed by atoms with E-state index in [0.29, 0.717) is 0 Å². The maximum absolute atomic E-state index is 6.18. The molecule has 0 radical (unpaired) electrons. The summed E-state index contributed by atoms with van der Waals surface area (Å²) >= 11 is 7.48. The maximum atomic E-state index is 6.18. The van der Waals surface area contributed by atoms with Crippen molar-refractivity contribution in [3.05, 3.63) is 56.2 Å². The molecule has 1 heterocycles. The normalized spacial score (nSPS) is 12.7. The lowest BCUT2D eigenvalue weighted by molar-refractivity contribution is 0.736. The molecule has 0 aliphatic heterocycles. The molecule has 0 saturated heterocycles. The van der Waals surface area contributed by atoms with Crippen LogP contribution in [-0.4, -0.2) is 0 Å². The molecule has 0 fully saturated rings. The Morgan fingerprint density at radius 1 is 1.18 bits per heavy atom. The molecule has 90 valence electrons. The molecule has 17 heavy (non-hydrogen) atoms. The van der Waals surface area contributed by atoms with Gasteiger partial charge in [0.2, 0.25) is 0 Å². The molecule has 0 spiro atoms. The lowest BCUT2D eigenvalue weighted by atomic mass is 10.0. The van der Waals surface area contributed by atoms with Gasteiger partial charge in [-0.05, 0) is 49.1 Å². The van der Waals surface area contributed by atoms with Crippen molar-refractivity contribution in [1.29, 1.82) is 0 Å². The van der Waals surface area contributed by atoms with Crippen LogP contribution in [0.3, 0.4) is 0 Å². The largest absolute Gasteiger partial charge is 0.323 e. The monoisotopic (exact) mass is 265 g/mol. The van der Waals surface area contributed by atoms with Gasteiger partial charge in [-0.3, -0.25) is 0 Å². The molecule has 3 heteroatoms. The van der Waals surface area contributed by atoms with Crippen molar-refractivity contribution < 1.29 is 0 Å². The molecule has 0 amide bonds. The molecule has 1 atom stereocenters. The third-order valence-electron chi connectivity index (χ3n) is 2.99. The quantitative estimate of drug-likeness (QED) is 0.882. The van der Waals surface area contributed by atoms with Crippen molar-refractivity contribution in [3.63, 3.8) is 0 Å². The van der Waals surface area contributed by atoms with Crippen LogP contribution in [0.5, 0.6) is 0 Å². The Morgan fingerprint density at radius 3 is 2.53 bits per heavy atom. The van der Waals surface area contributed by atoms with E-state index >= 15 is 0 Å². The molecule has 1 nitrogen and oxygen atoms in total. The second-order valence-corrected chi connectivity index (χ2v) is 6.12. The summed E-state index contributed by atoms with van der Waals surface area (Å²) in [5, 5.41) is 0. The SMILES string of the molecule is Cc1ccc(CC(N)c2ccc(Cl)s2)cc1C. The predicted octanol–water partition coefficient (Wildman–Crippen LogP) is 4.26. The summed E-state index contributed by atoms with van der Waals surface area (Å²) in [7, 11) is 0. The summed E-state index contributed by atoms with van der Waals surface area (Å²) in [6.07, 6.45) is 0.859. The number of benzene rings is 1. The highest BCUT2D eigenvalue weighted by Crippen LogP contribution is 2.27. The highest BCUT2D eigenvalue weighted by Gasteiger charge is 2.10. The second-order valence-electron chi connectivity index (χ2n) is 4.37. The van der Waals surface area contributed by atoms with Gasteiger partial charge >= 0.3 is 0 Å². The summed E-state index contributed by atoms with van der Waals surface area (Å²) in [6, 6.07) is 10.5. The molecule has 0 bridgehead atoms. The average molecular weight is 266 g/mol. The van der Waals surface area contributed by atoms with Crippen molar-refractivity contribution in [2.75, 3.05) is 0 Å². The van der Waals surface area contributed by atoms with Crippen LogP contribution in [0.1, 0.15) is 27.6 Å². The zero-order chi connectivity index (χ0) is 12.4. The summed E-state index contributed by atoms with van der Waals surface area (Å²) in [5.41, 5.74) is 10.1. The Morgan fingerprint density at radius 2 is 1.94 bits per heavy atom. The molecule has 2 aromatic rings. The second kappa shape index (κ2) is 5.21. The van der Waals surface area contributed by atoms with Gasteiger partial charge in [0, 0.05) is 10.9 Å². The van der Waals surface area contributed by atoms with Crippen LogP contribution in [0.2, 0.25) is 4.34 Å². The Bertz CT molecular complexity index is 519. The van der Waals surface area contributed by atoms with Gasteiger partial charge in [-0.2, -0.15) is 0 Å². The van der Waals surface area contributed by atoms with Gasteiger partial charge in [-0.25, -0.2) is 0 Å². The highest BCUT2D eigenvalue weighted by atomic mass is 35.5. The zero-order valence-corrected chi connectivity index (χ0v) is 11.6. The lowest BCUT2D eigenvalue weighted by Gasteiger charge is -2.11. The third kappa shape index (κ3) is 3.09. The van der Waals surface area contributed by atoms with E-state index in [1.54, 1.807) is 11.3 Å². The Labute approximate surface area is 111 Å². The van der Waals surface area contributed by atoms with Gasteiger partial charge in [-0.15, -0.1) is 11.3 Å². The van der Waals surface area contributed by atoms with E-state index in [0.717, 1.165) is 15.6 Å². The average Bonchev–Trinajstić information content (AvgIpc) is 2.70. The fourth-order valence-electron chi connectivity index (χ4n) is 1.81. The fraction of sp³-hybridized carbons (Fsp3) is 0.286. The Balaban J connectivity index is 2.12. The third-order valence-corrected chi connectivity index (χ3v) is 4.35. The minimum absolute atomic E-state index is 0.0367. The maximum Gasteiger partial charge on any atom is 0.0931 e. The minimum Gasteiger partial charge on any atom is -0.323 e. The van der Waals surface area contributed by atoms with E-state index in [-0.39, 0.29) is 6.04 Å². The first-order valence-electron chi connectivity index (χ1n) is 5.63. The van der Waals surface area contributed by atoms with Gasteiger partial charge in [0.15, 0.2) is 0 Å². The van der Waals surface area contributed by atoms with E-state index in [2.05, 4.69) is 32.0 Å². The Kier molecular flexibility index (Phi) is 3.87. The first-order chi connectivity index (χ1) is 8.06. The van der Waals surface area contributed by atoms with Crippen molar-refractivity contribution in [2.45, 2.75) is 26.3 Å². The van der Waals surface area contributed by atoms with Crippen molar-refractivity contribution in [1.82, 2.24) is 0 Å². The van der Waals surface area contributed by atoms with Gasteiger partial charge in [-0.1, -0.05) is 29.8 Å². The Hall–Kier alpha value is -0.830. The molecular weight excluding hydrogens is 250 g/mol. The standard InChI is InChI=1S/C14H16ClNS/c1-9-3-4-11(7-10(9)2)8-12(16)13-5-6-14(15)17-13/h3-7,12H,8,16H2,1-2H3. The highest BCUT2D eigenvalue weighted by molar-refractivity contribution is 7.16. The van der Waals surface area contributed by atoms with E-state index in [1.165, 1.54) is 16.7 Å². The molecule has 0 aliphatic rings. The van der Waals surface area contributed by atoms with Gasteiger partial charge in [0.1, 0.15) is 0 Å². The molecular formula is C14H16ClNS. The van der Waals surface area contributed by atoms with Gasteiger partial charge in [0.25, 0.3) is 0 Å². The lowest BCUT2D eigenvalue weighted by Crippen LogP contribution is -2.11. The number of hydrogen-bond acceptors (Lipinski definition) is 2. The van der Waals surface area contributed by atoms with E-state index < -0.39 is 0 Å². The van der Waals surface area contributed by atoms with E-state index in [9.17, 15) is 0 Å². The molecule has 0 aliphatic carbocycles. The van der Waals surface area contributed by atoms with Crippen LogP contribution in [0.15, 0.2) is 30.3 Å². The van der Waals surface area contributed by atoms with Crippen LogP contribution >= 0.6 is 22.9 Å². The number of thiophene rings is 1. The van der Waals surface area contributed by atoms with Gasteiger partial charge in [0.05, 0.1) is 4.34 Å². The molecule has 2 rings (SSSR count). The number of hydrogen-bond donors (Lipinski definition) is 1. The van der Waals surface area contributed by atoms with Crippen LogP contribution in [0, 0.1) is 13.8 Å². The van der Waals surface area contributed by atoms with Gasteiger partial charge < -0.3 is 5.73 Å². The molecule has 0 saturated carbocycles. The number of nitrogens with two attached hydrogens (primary N) is 1. The number of halogens is 1. The summed E-state index contributed by atoms with van der Waals surface area (Å²) < 4.78 is 0.801. The molecule has 1 aromatic heterocycles. The molecule has 1 unspecified atom stereocenters. The predicted molar refractivity (Wildman–Crippen MR) is 75.9 cm³/mol. The van der Waals surface area contributed by atoms with Crippen LogP contribution in [-0.2, 0) is 6.42 Å². The van der Waals surface area contributed by atoms with E-state index in [1.807, 2.05) is 12.1 Å². The summed E-state index contributed by atoms with van der Waals surface area (Å²) in [4.78, 5) is 1.15. The molecule has 2 N–H and O–H groups in total. The van der Waals surface area contributed by atoms with Crippen molar-refractivity contribution in [3.8, 4) is 0 Å². The van der Waals surface area contributed by atoms with Crippen LogP contribution in [0.4, 0.5) is 0 Å². The first-order valence-corrected chi connectivity index (χ1v) is 6.82. The smallest absolute Gasteiger partial charge is 0.0931 e. The topological polar surface area (TPSA) is 26.0 Å². The summed E-state index contributed by atoms with van der Waals surface area (Å²) in [5.74, 6) is 0. The van der Waals surface area contributed by atoms with E-state index in [4.69, 9.17) is 17.3 Å². The van der Waals surface area contributed by atoms with Crippen molar-refractivity contribution >= 4 is 22.9 Å². The zero-order valence-electron chi connectivity index (χ0n) is 10.0. The minimum atomic E-state index is 0.0367. The summed E-state index contributed by atoms with van der Waals surface area (Å²) in [6.45, 7) is 4.25. The number of rotatable bonds is 3. The number of aryl methyl sites for hydroxylation is 2. The first kappa shape index (κ1) is 12.6. The fourth-order valence-corrected chi connectivity index (χ4v) is 2.87. The van der Waals surface area contributed by atoms with Crippen LogP contribution < -0.4 is 5.73 Å². The molecule has 1 aromatic carbocycles. The van der Waals surface area contributed by atoms with Crippen molar-refractivity contribution in [2.24, 2.45) is 5.73 Å².